The summed E-state index contributed by atoms with van der Waals surface area (Å²) in [6, 6.07) is 19.4. The van der Waals surface area contributed by atoms with Gasteiger partial charge in [0, 0.05) is 17.0 Å². The second kappa shape index (κ2) is 7.06. The van der Waals surface area contributed by atoms with Crippen molar-refractivity contribution in [2.45, 2.75) is 13.0 Å². The molecule has 7 heteroatoms. The molecule has 0 spiro atoms. The van der Waals surface area contributed by atoms with Crippen LogP contribution in [0.15, 0.2) is 80.5 Å². The van der Waals surface area contributed by atoms with E-state index >= 15 is 0 Å². The molecule has 1 aliphatic rings. The Kier molecular flexibility index (Phi) is 4.13. The lowest BCUT2D eigenvalue weighted by molar-refractivity contribution is 0.0969. The van der Waals surface area contributed by atoms with Crippen molar-refractivity contribution in [2.24, 2.45) is 0 Å². The summed E-state index contributed by atoms with van der Waals surface area (Å²) in [7, 11) is 1.55. The second-order valence-corrected chi connectivity index (χ2v) is 7.95. The summed E-state index contributed by atoms with van der Waals surface area (Å²) >= 11 is 0. The molecule has 6 rings (SSSR count). The first kappa shape index (κ1) is 19.3. The number of para-hydroxylation sites is 1. The first-order chi connectivity index (χ1) is 16.1. The first-order valence-electron chi connectivity index (χ1n) is 10.5. The van der Waals surface area contributed by atoms with E-state index in [0.717, 1.165) is 10.8 Å². The van der Waals surface area contributed by atoms with Gasteiger partial charge in [0.2, 0.25) is 5.76 Å². The van der Waals surface area contributed by atoms with Crippen LogP contribution in [-0.4, -0.2) is 18.2 Å². The third-order valence-electron chi connectivity index (χ3n) is 6.06. The van der Waals surface area contributed by atoms with E-state index in [4.69, 9.17) is 13.7 Å². The molecule has 1 unspecified atom stereocenters. The van der Waals surface area contributed by atoms with E-state index in [2.05, 4.69) is 5.16 Å². The van der Waals surface area contributed by atoms with E-state index < -0.39 is 11.9 Å². The molecule has 1 atom stereocenters. The van der Waals surface area contributed by atoms with E-state index in [1.807, 2.05) is 48.5 Å². The Hall–Kier alpha value is -4.39. The minimum absolute atomic E-state index is 0.000382. The zero-order chi connectivity index (χ0) is 22.7. The second-order valence-electron chi connectivity index (χ2n) is 7.95. The van der Waals surface area contributed by atoms with Crippen molar-refractivity contribution in [1.82, 2.24) is 5.16 Å². The summed E-state index contributed by atoms with van der Waals surface area (Å²) < 4.78 is 17.0. The van der Waals surface area contributed by atoms with Gasteiger partial charge in [0.1, 0.15) is 23.1 Å². The van der Waals surface area contributed by atoms with Crippen LogP contribution in [0.3, 0.4) is 0 Å². The average molecular weight is 438 g/mol. The van der Waals surface area contributed by atoms with Gasteiger partial charge in [-0.1, -0.05) is 53.7 Å². The standard InChI is InChI=1S/C26H18N2O5/c1-14-13-20(27-33-14)28-22(17-9-5-6-10-19(17)31-2)21-23(29)18-12-11-15-7-3-4-8-16(15)24(18)32-25(21)26(28)30/h3-13,22H,1-2H3. The Bertz CT molecular complexity index is 1630. The Morgan fingerprint density at radius 2 is 1.76 bits per heavy atom. The van der Waals surface area contributed by atoms with E-state index in [1.165, 1.54) is 4.90 Å². The van der Waals surface area contributed by atoms with Gasteiger partial charge in [-0.2, -0.15) is 0 Å². The molecule has 0 saturated carbocycles. The lowest BCUT2D eigenvalue weighted by Gasteiger charge is -2.23. The zero-order valence-corrected chi connectivity index (χ0v) is 17.9. The predicted molar refractivity (Wildman–Crippen MR) is 123 cm³/mol. The molecule has 0 fully saturated rings. The Balaban J connectivity index is 1.71. The van der Waals surface area contributed by atoms with Crippen molar-refractivity contribution in [1.29, 1.82) is 0 Å². The number of rotatable bonds is 3. The summed E-state index contributed by atoms with van der Waals surface area (Å²) in [5.74, 6) is 0.934. The number of benzene rings is 3. The number of ether oxygens (including phenoxy) is 1. The molecule has 0 bridgehead atoms. The third kappa shape index (κ3) is 2.72. The van der Waals surface area contributed by atoms with Crippen LogP contribution in [-0.2, 0) is 0 Å². The van der Waals surface area contributed by atoms with Crippen molar-refractivity contribution < 1.29 is 18.5 Å². The normalized spacial score (nSPS) is 15.4. The zero-order valence-electron chi connectivity index (χ0n) is 17.9. The van der Waals surface area contributed by atoms with Gasteiger partial charge in [-0.05, 0) is 24.4 Å². The maximum absolute atomic E-state index is 13.9. The first-order valence-corrected chi connectivity index (χ1v) is 10.5. The summed E-state index contributed by atoms with van der Waals surface area (Å²) in [5, 5.41) is 6.16. The van der Waals surface area contributed by atoms with Crippen LogP contribution in [0.1, 0.15) is 33.5 Å². The van der Waals surface area contributed by atoms with Gasteiger partial charge in [-0.3, -0.25) is 14.5 Å². The largest absolute Gasteiger partial charge is 0.496 e. The number of fused-ring (bicyclic) bond motifs is 4. The quantitative estimate of drug-likeness (QED) is 0.369. The fraction of sp³-hybridized carbons (Fsp3) is 0.115. The van der Waals surface area contributed by atoms with Gasteiger partial charge < -0.3 is 13.7 Å². The van der Waals surface area contributed by atoms with Crippen LogP contribution < -0.4 is 15.1 Å². The van der Waals surface area contributed by atoms with Crippen LogP contribution in [0.2, 0.25) is 0 Å². The molecule has 0 saturated heterocycles. The molecule has 0 aliphatic carbocycles. The minimum Gasteiger partial charge on any atom is -0.496 e. The summed E-state index contributed by atoms with van der Waals surface area (Å²) in [5.41, 5.74) is 1.04. The maximum atomic E-state index is 13.9. The van der Waals surface area contributed by atoms with Crippen LogP contribution >= 0.6 is 0 Å². The number of anilines is 1. The van der Waals surface area contributed by atoms with Crippen LogP contribution in [0.4, 0.5) is 5.82 Å². The Labute approximate surface area is 187 Å². The molecule has 3 aromatic carbocycles. The maximum Gasteiger partial charge on any atom is 0.296 e. The number of nitrogens with zero attached hydrogens (tertiary/aromatic N) is 2. The van der Waals surface area contributed by atoms with Crippen molar-refractivity contribution in [3.05, 3.63) is 99.6 Å². The van der Waals surface area contributed by atoms with E-state index in [1.54, 1.807) is 32.2 Å². The number of aromatic nitrogens is 1. The molecule has 1 aliphatic heterocycles. The highest BCUT2D eigenvalue weighted by Crippen LogP contribution is 2.44. The molecular formula is C26H18N2O5. The fourth-order valence-corrected chi connectivity index (χ4v) is 4.59. The van der Waals surface area contributed by atoms with Crippen molar-refractivity contribution >= 4 is 33.5 Å². The molecular weight excluding hydrogens is 420 g/mol. The Morgan fingerprint density at radius 3 is 2.55 bits per heavy atom. The fourth-order valence-electron chi connectivity index (χ4n) is 4.59. The molecule has 3 heterocycles. The number of carbonyl (C=O) groups is 1. The van der Waals surface area contributed by atoms with Crippen LogP contribution in [0.5, 0.6) is 5.75 Å². The molecule has 1 amide bonds. The highest BCUT2D eigenvalue weighted by atomic mass is 16.5. The van der Waals surface area contributed by atoms with E-state index in [0.29, 0.717) is 33.9 Å². The van der Waals surface area contributed by atoms with Gasteiger partial charge in [-0.25, -0.2) is 0 Å². The molecule has 0 radical (unpaired) electrons. The Morgan fingerprint density at radius 1 is 0.970 bits per heavy atom. The smallest absolute Gasteiger partial charge is 0.296 e. The third-order valence-corrected chi connectivity index (χ3v) is 6.06. The molecule has 33 heavy (non-hydrogen) atoms. The number of hydrogen-bond acceptors (Lipinski definition) is 6. The van der Waals surface area contributed by atoms with Crippen molar-refractivity contribution in [3.63, 3.8) is 0 Å². The monoisotopic (exact) mass is 438 g/mol. The minimum atomic E-state index is -0.778. The highest BCUT2D eigenvalue weighted by molar-refractivity contribution is 6.12. The number of amides is 1. The lowest BCUT2D eigenvalue weighted by Crippen LogP contribution is -2.30. The van der Waals surface area contributed by atoms with E-state index in [-0.39, 0.29) is 16.8 Å². The lowest BCUT2D eigenvalue weighted by atomic mass is 9.97. The average Bonchev–Trinajstić information content (AvgIpc) is 3.39. The van der Waals surface area contributed by atoms with Gasteiger partial charge in [0.05, 0.1) is 18.1 Å². The molecule has 7 nitrogen and oxygen atoms in total. The van der Waals surface area contributed by atoms with Gasteiger partial charge >= 0.3 is 0 Å². The SMILES string of the molecule is COc1ccccc1C1c2c(oc3c(ccc4ccccc43)c2=O)C(=O)N1c1cc(C)on1. The van der Waals surface area contributed by atoms with Crippen molar-refractivity contribution in [3.8, 4) is 5.75 Å². The highest BCUT2D eigenvalue weighted by Gasteiger charge is 2.46. The van der Waals surface area contributed by atoms with Crippen LogP contribution in [0.25, 0.3) is 21.7 Å². The summed E-state index contributed by atoms with van der Waals surface area (Å²) in [6.07, 6.45) is 0. The summed E-state index contributed by atoms with van der Waals surface area (Å²) in [4.78, 5) is 29.0. The summed E-state index contributed by atoms with van der Waals surface area (Å²) in [6.45, 7) is 1.74. The molecule has 2 aromatic heterocycles. The number of hydrogen-bond donors (Lipinski definition) is 0. The number of methoxy groups -OCH3 is 1. The van der Waals surface area contributed by atoms with Gasteiger partial charge in [0.25, 0.3) is 5.91 Å². The molecule has 0 N–H and O–H groups in total. The van der Waals surface area contributed by atoms with Crippen molar-refractivity contribution in [2.75, 3.05) is 12.0 Å². The van der Waals surface area contributed by atoms with Gasteiger partial charge in [-0.15, -0.1) is 0 Å². The molecule has 5 aromatic rings. The van der Waals surface area contributed by atoms with E-state index in [9.17, 15) is 9.59 Å². The van der Waals surface area contributed by atoms with Gasteiger partial charge in [0.15, 0.2) is 11.2 Å². The topological polar surface area (TPSA) is 85.8 Å². The number of aryl methyl sites for hydroxylation is 1. The molecule has 162 valence electrons. The number of carbonyl (C=O) groups excluding carboxylic acids is 1. The predicted octanol–water partition coefficient (Wildman–Crippen LogP) is 5.00. The van der Waals surface area contributed by atoms with Crippen LogP contribution in [0, 0.1) is 6.92 Å².